The highest BCUT2D eigenvalue weighted by atomic mass is 16.7. The van der Waals surface area contributed by atoms with Gasteiger partial charge in [-0.05, 0) is 36.9 Å². The number of fused-ring (bicyclic) bond motifs is 3. The summed E-state index contributed by atoms with van der Waals surface area (Å²) in [5, 5.41) is 34.5. The van der Waals surface area contributed by atoms with Crippen molar-refractivity contribution in [3.05, 3.63) is 46.2 Å². The van der Waals surface area contributed by atoms with Crippen molar-refractivity contribution in [2.24, 2.45) is 0 Å². The first-order valence-electron chi connectivity index (χ1n) is 14.4. The molecule has 2 aromatic carbocycles. The van der Waals surface area contributed by atoms with Crippen molar-refractivity contribution in [1.29, 1.82) is 0 Å². The fourth-order valence-electron chi connectivity index (χ4n) is 6.98. The number of phenolic OH excluding ortho intramolecular Hbond substituents is 1. The summed E-state index contributed by atoms with van der Waals surface area (Å²) in [5.41, 5.74) is -7.41. The number of esters is 1. The van der Waals surface area contributed by atoms with Crippen molar-refractivity contribution in [2.45, 2.75) is 61.9 Å². The fraction of sp³-hybridized carbons (Fsp3) is 0.500. The van der Waals surface area contributed by atoms with Crippen LogP contribution >= 0.6 is 0 Å². The van der Waals surface area contributed by atoms with E-state index in [9.17, 15) is 34.5 Å². The van der Waals surface area contributed by atoms with Crippen LogP contribution in [0.5, 0.6) is 11.5 Å². The van der Waals surface area contributed by atoms with Gasteiger partial charge in [0.25, 0.3) is 0 Å². The number of aliphatic hydroxyl groups is 2. The molecule has 1 heterocycles. The second-order valence-electron chi connectivity index (χ2n) is 11.4. The van der Waals surface area contributed by atoms with E-state index in [4.69, 9.17) is 37.9 Å². The van der Waals surface area contributed by atoms with E-state index in [1.807, 2.05) is 0 Å². The Morgan fingerprint density at radius 2 is 1.57 bits per heavy atom. The molecule has 15 heteroatoms. The maximum atomic E-state index is 14.1. The van der Waals surface area contributed by atoms with Gasteiger partial charge in [-0.3, -0.25) is 14.4 Å². The Morgan fingerprint density at radius 3 is 2.13 bits per heavy atom. The Kier molecular flexibility index (Phi) is 8.96. The maximum Gasteiger partial charge on any atom is 0.341 e. The van der Waals surface area contributed by atoms with Crippen LogP contribution in [0.4, 0.5) is 0 Å². The van der Waals surface area contributed by atoms with E-state index < -0.39 is 94.0 Å². The molecular weight excluding hydrogens is 624 g/mol. The van der Waals surface area contributed by atoms with Gasteiger partial charge in [0.05, 0.1) is 25.9 Å². The highest BCUT2D eigenvalue weighted by Gasteiger charge is 2.74. The Balaban J connectivity index is 1.75. The highest BCUT2D eigenvalue weighted by Crippen LogP contribution is 2.50. The number of aromatic hydroxyl groups is 1. The minimum absolute atomic E-state index is 0.0679. The summed E-state index contributed by atoms with van der Waals surface area (Å²) in [4.78, 5) is 54.8. The number of rotatable bonds is 8. The first-order chi connectivity index (χ1) is 22.2. The monoisotopic (exact) mass is 660 g/mol. The van der Waals surface area contributed by atoms with Gasteiger partial charge in [0.2, 0.25) is 34.8 Å². The van der Waals surface area contributed by atoms with Crippen LogP contribution in [0.1, 0.15) is 43.6 Å². The molecule has 5 rings (SSSR count). The van der Waals surface area contributed by atoms with Gasteiger partial charge >= 0.3 is 5.97 Å². The van der Waals surface area contributed by atoms with Crippen molar-refractivity contribution in [3.8, 4) is 11.5 Å². The zero-order valence-electron chi connectivity index (χ0n) is 26.9. The van der Waals surface area contributed by atoms with Crippen molar-refractivity contribution in [2.75, 3.05) is 42.7 Å². The first kappa shape index (κ1) is 34.4. The minimum Gasteiger partial charge on any atom is -0.507 e. The third-order valence-corrected chi connectivity index (χ3v) is 9.29. The third kappa shape index (κ3) is 4.53. The SMILES string of the molecule is COC(=O)c1c(O[C@@H]2O[C@@H](C)[C@H](OC)[C@@H](OC)[C@H]2OC)cc2cc3c(c(O)c2c1C)C(=O)[C@]1(OC)C(=O)C=C(OC)[C@@H](O)[C@]1(O)C3=O. The summed E-state index contributed by atoms with van der Waals surface area (Å²) >= 11 is 0. The number of benzene rings is 2. The predicted octanol–water partition coefficient (Wildman–Crippen LogP) is 0.778. The topological polar surface area (TPSA) is 203 Å². The molecule has 15 nitrogen and oxygen atoms in total. The minimum atomic E-state index is -3.17. The molecule has 1 fully saturated rings. The molecule has 1 saturated heterocycles. The molecule has 254 valence electrons. The number of hydrogen-bond acceptors (Lipinski definition) is 15. The standard InChI is InChI=1S/C32H36O15/c1-12-19-14(10-16(20(12)29(38)44-7)47-30-25(43-6)24(42-5)23(41-4)13(2)46-30)9-15-21(22(19)34)28(37)32(45-8)18(33)11-17(40-3)27(36)31(32,39)26(15)35/h9-11,13,23-25,27,30,34,36,39H,1-8H3/t13-,23-,24+,25+,27+,30-,31+,32+/m0/s1. The van der Waals surface area contributed by atoms with Gasteiger partial charge in [0.1, 0.15) is 41.1 Å². The summed E-state index contributed by atoms with van der Waals surface area (Å²) in [6.07, 6.45) is -5.21. The molecule has 47 heavy (non-hydrogen) atoms. The van der Waals surface area contributed by atoms with Crippen LogP contribution in [0.15, 0.2) is 24.0 Å². The molecule has 0 saturated carbocycles. The second kappa shape index (κ2) is 12.2. The first-order valence-corrected chi connectivity index (χ1v) is 14.4. The van der Waals surface area contributed by atoms with E-state index in [1.54, 1.807) is 6.92 Å². The molecule has 0 aromatic heterocycles. The predicted molar refractivity (Wildman–Crippen MR) is 158 cm³/mol. The molecule has 0 spiro atoms. The van der Waals surface area contributed by atoms with Gasteiger partial charge in [-0.2, -0.15) is 0 Å². The number of aliphatic hydroxyl groups excluding tert-OH is 1. The smallest absolute Gasteiger partial charge is 0.341 e. The maximum absolute atomic E-state index is 14.1. The van der Waals surface area contributed by atoms with Crippen LogP contribution < -0.4 is 4.74 Å². The molecule has 1 aliphatic heterocycles. The van der Waals surface area contributed by atoms with Crippen LogP contribution in [0, 0.1) is 6.92 Å². The quantitative estimate of drug-likeness (QED) is 0.265. The number of phenols is 1. The molecule has 3 N–H and O–H groups in total. The zero-order chi connectivity index (χ0) is 34.7. The molecule has 0 bridgehead atoms. The number of carbonyl (C=O) groups is 4. The van der Waals surface area contributed by atoms with Crippen molar-refractivity contribution in [1.82, 2.24) is 0 Å². The van der Waals surface area contributed by atoms with Gasteiger partial charge in [-0.15, -0.1) is 0 Å². The number of Topliss-reactive ketones (excluding diaryl/α,β-unsaturated/α-hetero) is 2. The van der Waals surface area contributed by atoms with E-state index in [0.717, 1.165) is 27.4 Å². The number of methoxy groups -OCH3 is 6. The average Bonchev–Trinajstić information content (AvgIpc) is 3.04. The van der Waals surface area contributed by atoms with Crippen molar-refractivity contribution in [3.63, 3.8) is 0 Å². The summed E-state index contributed by atoms with van der Waals surface area (Å²) in [6, 6.07) is 2.48. The van der Waals surface area contributed by atoms with E-state index in [2.05, 4.69) is 0 Å². The van der Waals surface area contributed by atoms with Crippen molar-refractivity contribution < 1.29 is 72.4 Å². The highest BCUT2D eigenvalue weighted by molar-refractivity contribution is 6.35. The van der Waals surface area contributed by atoms with Crippen LogP contribution in [0.25, 0.3) is 10.8 Å². The van der Waals surface area contributed by atoms with Gasteiger partial charge < -0.3 is 53.2 Å². The lowest BCUT2D eigenvalue weighted by molar-refractivity contribution is -0.282. The fourth-order valence-corrected chi connectivity index (χ4v) is 6.98. The van der Waals surface area contributed by atoms with E-state index in [-0.39, 0.29) is 27.6 Å². The van der Waals surface area contributed by atoms with E-state index in [1.165, 1.54) is 40.4 Å². The number of aryl methyl sites for hydroxylation is 1. The molecule has 0 radical (unpaired) electrons. The third-order valence-electron chi connectivity index (χ3n) is 9.29. The Labute approximate surface area is 268 Å². The molecule has 2 aliphatic carbocycles. The summed E-state index contributed by atoms with van der Waals surface area (Å²) in [6.45, 7) is 3.19. The van der Waals surface area contributed by atoms with Crippen LogP contribution in [-0.4, -0.2) is 129 Å². The second-order valence-corrected chi connectivity index (χ2v) is 11.4. The van der Waals surface area contributed by atoms with Gasteiger partial charge in [0.15, 0.2) is 6.10 Å². The van der Waals surface area contributed by atoms with Crippen molar-refractivity contribution >= 4 is 34.1 Å². The largest absolute Gasteiger partial charge is 0.507 e. The van der Waals surface area contributed by atoms with E-state index >= 15 is 0 Å². The Hall–Kier alpha value is -3.96. The molecule has 2 aromatic rings. The lowest BCUT2D eigenvalue weighted by atomic mass is 9.60. The molecular formula is C32H36O15. The zero-order valence-corrected chi connectivity index (χ0v) is 26.9. The molecule has 3 aliphatic rings. The lowest BCUT2D eigenvalue weighted by Gasteiger charge is -2.49. The van der Waals surface area contributed by atoms with Crippen LogP contribution in [-0.2, 0) is 38.0 Å². The summed E-state index contributed by atoms with van der Waals surface area (Å²) < 4.78 is 44.4. The number of hydrogen-bond donors (Lipinski definition) is 3. The van der Waals surface area contributed by atoms with Crippen LogP contribution in [0.3, 0.4) is 0 Å². The number of ketones is 3. The lowest BCUT2D eigenvalue weighted by Crippen LogP contribution is -2.77. The normalized spacial score (nSPS) is 32.0. The molecule has 0 unspecified atom stereocenters. The number of ether oxygens (including phenoxy) is 8. The van der Waals surface area contributed by atoms with Gasteiger partial charge in [0, 0.05) is 45.5 Å². The Morgan fingerprint density at radius 1 is 0.936 bits per heavy atom. The Bertz CT molecular complexity index is 1700. The summed E-state index contributed by atoms with van der Waals surface area (Å²) in [7, 11) is 7.52. The average molecular weight is 661 g/mol. The van der Waals surface area contributed by atoms with Gasteiger partial charge in [-0.1, -0.05) is 0 Å². The van der Waals surface area contributed by atoms with E-state index in [0.29, 0.717) is 0 Å². The molecule has 8 atom stereocenters. The van der Waals surface area contributed by atoms with Crippen LogP contribution in [0.2, 0.25) is 0 Å². The molecule has 0 amide bonds. The van der Waals surface area contributed by atoms with Gasteiger partial charge in [-0.25, -0.2) is 4.79 Å². The summed E-state index contributed by atoms with van der Waals surface area (Å²) in [5.74, 6) is -6.03. The number of carbonyl (C=O) groups excluding carboxylic acids is 4.